The number of nitrogens with zero attached hydrogens (tertiary/aromatic N) is 2. The van der Waals surface area contributed by atoms with Crippen molar-refractivity contribution in [1.82, 2.24) is 15.1 Å². The molecule has 6 atom stereocenters. The maximum absolute atomic E-state index is 13.6. The molecule has 1 spiro atoms. The van der Waals surface area contributed by atoms with Crippen molar-refractivity contribution in [3.05, 3.63) is 0 Å². The van der Waals surface area contributed by atoms with Gasteiger partial charge in [-0.1, -0.05) is 6.92 Å². The van der Waals surface area contributed by atoms with E-state index in [1.54, 1.807) is 6.92 Å². The number of fused-ring (bicyclic) bond motifs is 1. The molecule has 0 saturated carbocycles. The summed E-state index contributed by atoms with van der Waals surface area (Å²) in [6.45, 7) is 7.72. The first kappa shape index (κ1) is 23.4. The van der Waals surface area contributed by atoms with Crippen molar-refractivity contribution in [3.63, 3.8) is 0 Å². The molecule has 4 fully saturated rings. The van der Waals surface area contributed by atoms with E-state index in [0.717, 1.165) is 13.1 Å². The van der Waals surface area contributed by atoms with Crippen molar-refractivity contribution in [2.45, 2.75) is 56.9 Å². The van der Waals surface area contributed by atoms with Gasteiger partial charge in [-0.3, -0.25) is 19.3 Å². The Balaban J connectivity index is 1.56. The molecule has 4 aliphatic heterocycles. The van der Waals surface area contributed by atoms with E-state index in [0.29, 0.717) is 45.6 Å². The second-order valence-electron chi connectivity index (χ2n) is 9.04. The minimum absolute atomic E-state index is 0.222. The van der Waals surface area contributed by atoms with Gasteiger partial charge in [0.05, 0.1) is 50.4 Å². The normalized spacial score (nSPS) is 35.1. The van der Waals surface area contributed by atoms with E-state index in [1.165, 1.54) is 4.90 Å². The highest BCUT2D eigenvalue weighted by Gasteiger charge is 2.75. The Kier molecular flexibility index (Phi) is 7.04. The first-order chi connectivity index (χ1) is 15.5. The molecule has 2 bridgehead atoms. The maximum Gasteiger partial charge on any atom is 0.312 e. The highest BCUT2D eigenvalue weighted by molar-refractivity contribution is 5.98. The lowest BCUT2D eigenvalue weighted by atomic mass is 9.71. The van der Waals surface area contributed by atoms with Crippen LogP contribution in [0.2, 0.25) is 0 Å². The first-order valence-electron chi connectivity index (χ1n) is 11.8. The van der Waals surface area contributed by atoms with Gasteiger partial charge in [-0.15, -0.1) is 0 Å². The summed E-state index contributed by atoms with van der Waals surface area (Å²) >= 11 is 0. The summed E-state index contributed by atoms with van der Waals surface area (Å²) in [7, 11) is 0. The Labute approximate surface area is 188 Å². The highest BCUT2D eigenvalue weighted by Crippen LogP contribution is 2.59. The quantitative estimate of drug-likeness (QED) is 0.433. The fourth-order valence-electron chi connectivity index (χ4n) is 5.96. The number of amides is 2. The van der Waals surface area contributed by atoms with Crippen LogP contribution in [0.3, 0.4) is 0 Å². The molecule has 10 heteroatoms. The van der Waals surface area contributed by atoms with Gasteiger partial charge in [-0.2, -0.15) is 0 Å². The largest absolute Gasteiger partial charge is 0.466 e. The summed E-state index contributed by atoms with van der Waals surface area (Å²) in [5, 5.41) is 13.0. The fourth-order valence-corrected chi connectivity index (χ4v) is 5.96. The van der Waals surface area contributed by atoms with Gasteiger partial charge in [0.15, 0.2) is 0 Å². The van der Waals surface area contributed by atoms with Crippen LogP contribution in [-0.4, -0.2) is 109 Å². The van der Waals surface area contributed by atoms with Gasteiger partial charge in [-0.25, -0.2) is 0 Å². The zero-order valence-electron chi connectivity index (χ0n) is 19.0. The number of morpholine rings is 1. The number of carbonyl (C=O) groups is 3. The van der Waals surface area contributed by atoms with Gasteiger partial charge in [-0.05, 0) is 26.2 Å². The summed E-state index contributed by atoms with van der Waals surface area (Å²) in [5.74, 6) is -2.48. The molecule has 4 rings (SSSR count). The van der Waals surface area contributed by atoms with E-state index in [2.05, 4.69) is 10.2 Å². The molecule has 0 radical (unpaired) electrons. The molecular weight excluding hydrogens is 418 g/mol. The molecular formula is C22H35N3O7. The number of nitrogens with one attached hydrogen (secondary N) is 1. The molecule has 2 N–H and O–H groups in total. The predicted octanol–water partition coefficient (Wildman–Crippen LogP) is -0.857. The molecule has 32 heavy (non-hydrogen) atoms. The Bertz CT molecular complexity index is 724. The van der Waals surface area contributed by atoms with Gasteiger partial charge in [0, 0.05) is 26.2 Å². The van der Waals surface area contributed by atoms with Gasteiger partial charge in [0.25, 0.3) is 0 Å². The number of esters is 1. The van der Waals surface area contributed by atoms with Crippen molar-refractivity contribution in [2.75, 3.05) is 52.6 Å². The minimum atomic E-state index is -1.05. The van der Waals surface area contributed by atoms with E-state index in [1.807, 2.05) is 6.92 Å². The molecule has 180 valence electrons. The van der Waals surface area contributed by atoms with E-state index in [4.69, 9.17) is 14.2 Å². The third-order valence-electron chi connectivity index (χ3n) is 7.45. The zero-order valence-corrected chi connectivity index (χ0v) is 19.0. The van der Waals surface area contributed by atoms with Crippen LogP contribution in [0.25, 0.3) is 0 Å². The zero-order chi connectivity index (χ0) is 22.9. The summed E-state index contributed by atoms with van der Waals surface area (Å²) in [6.07, 6.45) is 1.22. The average molecular weight is 454 g/mol. The topological polar surface area (TPSA) is 118 Å². The number of likely N-dealkylation sites (tertiary alicyclic amines) is 1. The molecule has 4 aliphatic rings. The Hall–Kier alpha value is -1.75. The smallest absolute Gasteiger partial charge is 0.312 e. The van der Waals surface area contributed by atoms with Crippen molar-refractivity contribution >= 4 is 17.8 Å². The number of rotatable bonds is 9. The van der Waals surface area contributed by atoms with Crippen LogP contribution in [-0.2, 0) is 28.6 Å². The van der Waals surface area contributed by atoms with Crippen LogP contribution in [0.1, 0.15) is 33.1 Å². The molecule has 10 nitrogen and oxygen atoms in total. The lowest BCUT2D eigenvalue weighted by Gasteiger charge is -2.36. The third-order valence-corrected chi connectivity index (χ3v) is 7.45. The van der Waals surface area contributed by atoms with Gasteiger partial charge >= 0.3 is 5.97 Å². The number of hydrogen-bond donors (Lipinski definition) is 2. The molecule has 0 aliphatic carbocycles. The van der Waals surface area contributed by atoms with Crippen LogP contribution in [0.15, 0.2) is 0 Å². The molecule has 4 saturated heterocycles. The SMILES string of the molecule is CCOC(=O)[C@@H]1[C@H]2C(=O)N([C@@H](CC)CO)[C@H](C(=O)NCCN3CCOCC3)[C@]23CC[C@H]1O3. The summed E-state index contributed by atoms with van der Waals surface area (Å²) in [4.78, 5) is 43.5. The number of aliphatic hydroxyl groups is 1. The van der Waals surface area contributed by atoms with Gasteiger partial charge < -0.3 is 29.5 Å². The number of aliphatic hydroxyl groups excluding tert-OH is 1. The highest BCUT2D eigenvalue weighted by atomic mass is 16.6. The van der Waals surface area contributed by atoms with Crippen molar-refractivity contribution in [1.29, 1.82) is 0 Å². The Morgan fingerprint density at radius 2 is 2.06 bits per heavy atom. The lowest BCUT2D eigenvalue weighted by molar-refractivity contribution is -0.155. The molecule has 0 aromatic carbocycles. The Morgan fingerprint density at radius 3 is 2.72 bits per heavy atom. The number of carbonyl (C=O) groups excluding carboxylic acids is 3. The molecule has 0 aromatic rings. The van der Waals surface area contributed by atoms with E-state index in [-0.39, 0.29) is 25.0 Å². The summed E-state index contributed by atoms with van der Waals surface area (Å²) in [6, 6.07) is -1.38. The van der Waals surface area contributed by atoms with E-state index in [9.17, 15) is 19.5 Å². The van der Waals surface area contributed by atoms with Crippen LogP contribution in [0.4, 0.5) is 0 Å². The minimum Gasteiger partial charge on any atom is -0.466 e. The number of hydrogen-bond acceptors (Lipinski definition) is 8. The Morgan fingerprint density at radius 1 is 1.31 bits per heavy atom. The van der Waals surface area contributed by atoms with E-state index < -0.39 is 41.6 Å². The van der Waals surface area contributed by atoms with Gasteiger partial charge in [0.2, 0.25) is 11.8 Å². The average Bonchev–Trinajstić information content (AvgIpc) is 3.43. The molecule has 4 heterocycles. The van der Waals surface area contributed by atoms with Crippen LogP contribution in [0.5, 0.6) is 0 Å². The monoisotopic (exact) mass is 453 g/mol. The van der Waals surface area contributed by atoms with E-state index >= 15 is 0 Å². The summed E-state index contributed by atoms with van der Waals surface area (Å²) in [5.41, 5.74) is -1.05. The standard InChI is InChI=1S/C22H35N3O7/c1-3-14(13-26)25-18(19(27)23-7-8-24-9-11-30-12-10-24)22-6-5-15(32-22)16(17(22)20(25)28)21(29)31-4-2/h14-18,26H,3-13H2,1-2H3,(H,23,27)/t14-,15+,16-,17-,18+,22-/m0/s1. The van der Waals surface area contributed by atoms with Crippen molar-refractivity contribution < 1.29 is 33.7 Å². The predicted molar refractivity (Wildman–Crippen MR) is 113 cm³/mol. The van der Waals surface area contributed by atoms with Crippen molar-refractivity contribution in [2.24, 2.45) is 11.8 Å². The molecule has 0 aromatic heterocycles. The molecule has 2 amide bonds. The third kappa shape index (κ3) is 3.81. The second kappa shape index (κ2) is 9.62. The van der Waals surface area contributed by atoms with Crippen LogP contribution in [0, 0.1) is 11.8 Å². The van der Waals surface area contributed by atoms with Gasteiger partial charge in [0.1, 0.15) is 11.6 Å². The molecule has 0 unspecified atom stereocenters. The fraction of sp³-hybridized carbons (Fsp3) is 0.864. The maximum atomic E-state index is 13.6. The summed E-state index contributed by atoms with van der Waals surface area (Å²) < 4.78 is 16.9. The lowest BCUT2D eigenvalue weighted by Crippen LogP contribution is -2.58. The first-order valence-corrected chi connectivity index (χ1v) is 11.8. The second-order valence-corrected chi connectivity index (χ2v) is 9.04. The number of ether oxygens (including phenoxy) is 3. The van der Waals surface area contributed by atoms with Crippen LogP contribution >= 0.6 is 0 Å². The van der Waals surface area contributed by atoms with Crippen molar-refractivity contribution in [3.8, 4) is 0 Å². The van der Waals surface area contributed by atoms with Crippen LogP contribution < -0.4 is 5.32 Å².